The molecule has 0 saturated heterocycles. The van der Waals surface area contributed by atoms with Crippen molar-refractivity contribution in [2.24, 2.45) is 0 Å². The molecule has 0 saturated carbocycles. The smallest absolute Gasteiger partial charge is 0.181 e. The number of benzene rings is 1. The predicted octanol–water partition coefficient (Wildman–Crippen LogP) is 1.88. The number of halogens is 1. The number of carbonyl (C=O) groups excluding carboxylic acids is 1. The molecule has 0 aliphatic heterocycles. The van der Waals surface area contributed by atoms with Gasteiger partial charge in [0.1, 0.15) is 5.82 Å². The number of pyridine rings is 1. The predicted molar refractivity (Wildman–Crippen MR) is 59.8 cm³/mol. The van der Waals surface area contributed by atoms with E-state index in [2.05, 4.69) is 0 Å². The normalized spacial score (nSPS) is 10.2. The fraction of sp³-hybridized carbons (Fsp3) is 0.0769. The van der Waals surface area contributed by atoms with Gasteiger partial charge in [0, 0.05) is 24.1 Å². The first-order chi connectivity index (χ1) is 8.15. The van der Waals surface area contributed by atoms with Crippen molar-refractivity contribution in [3.8, 4) is 0 Å². The van der Waals surface area contributed by atoms with E-state index in [0.29, 0.717) is 10.3 Å². The molecule has 0 atom stereocenters. The molecule has 0 N–H and O–H groups in total. The molecule has 0 aliphatic rings. The van der Waals surface area contributed by atoms with Crippen molar-refractivity contribution in [2.45, 2.75) is 6.42 Å². The maximum atomic E-state index is 12.7. The molecule has 1 aromatic carbocycles. The second-order valence-corrected chi connectivity index (χ2v) is 3.67. The van der Waals surface area contributed by atoms with Gasteiger partial charge in [-0.2, -0.15) is 4.73 Å². The zero-order chi connectivity index (χ0) is 12.3. The highest BCUT2D eigenvalue weighted by Crippen LogP contribution is 2.07. The highest BCUT2D eigenvalue weighted by atomic mass is 19.1. The highest BCUT2D eigenvalue weighted by Gasteiger charge is 2.08. The topological polar surface area (TPSA) is 44.0 Å². The van der Waals surface area contributed by atoms with Crippen molar-refractivity contribution in [1.82, 2.24) is 0 Å². The summed E-state index contributed by atoms with van der Waals surface area (Å²) in [5.74, 6) is -0.425. The van der Waals surface area contributed by atoms with Crippen LogP contribution in [-0.4, -0.2) is 5.78 Å². The molecule has 0 aliphatic carbocycles. The number of ketones is 1. The van der Waals surface area contributed by atoms with Gasteiger partial charge < -0.3 is 5.21 Å². The van der Waals surface area contributed by atoms with Crippen LogP contribution in [0, 0.1) is 11.0 Å². The van der Waals surface area contributed by atoms with Crippen LogP contribution < -0.4 is 4.73 Å². The van der Waals surface area contributed by atoms with Crippen molar-refractivity contribution in [3.63, 3.8) is 0 Å². The zero-order valence-corrected chi connectivity index (χ0v) is 8.97. The Kier molecular flexibility index (Phi) is 3.14. The maximum absolute atomic E-state index is 12.7. The van der Waals surface area contributed by atoms with Crippen molar-refractivity contribution < 1.29 is 13.9 Å². The van der Waals surface area contributed by atoms with E-state index in [1.165, 1.54) is 36.7 Å². The minimum atomic E-state index is -0.326. The average molecular weight is 231 g/mol. The molecule has 17 heavy (non-hydrogen) atoms. The maximum Gasteiger partial charge on any atom is 0.181 e. The third-order valence-electron chi connectivity index (χ3n) is 2.40. The molecule has 0 spiro atoms. The summed E-state index contributed by atoms with van der Waals surface area (Å²) >= 11 is 0. The number of hydrogen-bond acceptors (Lipinski definition) is 2. The van der Waals surface area contributed by atoms with Crippen molar-refractivity contribution >= 4 is 5.78 Å². The van der Waals surface area contributed by atoms with Crippen molar-refractivity contribution in [2.75, 3.05) is 0 Å². The van der Waals surface area contributed by atoms with Crippen LogP contribution in [0.2, 0.25) is 0 Å². The molecule has 86 valence electrons. The molecule has 0 unspecified atom stereocenters. The number of aromatic nitrogens is 1. The fourth-order valence-corrected chi connectivity index (χ4v) is 1.49. The lowest BCUT2D eigenvalue weighted by Crippen LogP contribution is -2.24. The summed E-state index contributed by atoms with van der Waals surface area (Å²) in [6.07, 6.45) is 2.75. The second kappa shape index (κ2) is 4.74. The Morgan fingerprint density at radius 2 is 1.71 bits per heavy atom. The highest BCUT2D eigenvalue weighted by molar-refractivity contribution is 5.97. The Balaban J connectivity index is 2.11. The van der Waals surface area contributed by atoms with Crippen LogP contribution in [0.4, 0.5) is 4.39 Å². The van der Waals surface area contributed by atoms with Crippen LogP contribution in [0.3, 0.4) is 0 Å². The van der Waals surface area contributed by atoms with E-state index >= 15 is 0 Å². The van der Waals surface area contributed by atoms with Gasteiger partial charge in [0.05, 0.1) is 0 Å². The third-order valence-corrected chi connectivity index (χ3v) is 2.40. The average Bonchev–Trinajstić information content (AvgIpc) is 2.33. The summed E-state index contributed by atoms with van der Waals surface area (Å²) < 4.78 is 13.3. The lowest BCUT2D eigenvalue weighted by molar-refractivity contribution is -0.605. The van der Waals surface area contributed by atoms with Gasteiger partial charge in [0.15, 0.2) is 18.2 Å². The molecule has 2 rings (SSSR count). The van der Waals surface area contributed by atoms with Gasteiger partial charge in [-0.3, -0.25) is 4.79 Å². The van der Waals surface area contributed by atoms with E-state index in [-0.39, 0.29) is 18.0 Å². The zero-order valence-electron chi connectivity index (χ0n) is 8.97. The van der Waals surface area contributed by atoms with Crippen LogP contribution in [-0.2, 0) is 6.42 Å². The van der Waals surface area contributed by atoms with Crippen LogP contribution in [0.1, 0.15) is 15.9 Å². The second-order valence-electron chi connectivity index (χ2n) is 3.67. The summed E-state index contributed by atoms with van der Waals surface area (Å²) in [7, 11) is 0. The quantitative estimate of drug-likeness (QED) is 0.460. The van der Waals surface area contributed by atoms with Crippen molar-refractivity contribution in [3.05, 3.63) is 70.9 Å². The van der Waals surface area contributed by atoms with Crippen LogP contribution in [0.5, 0.6) is 0 Å². The van der Waals surface area contributed by atoms with E-state index in [1.807, 2.05) is 0 Å². The molecule has 0 fully saturated rings. The van der Waals surface area contributed by atoms with E-state index in [1.54, 1.807) is 12.1 Å². The van der Waals surface area contributed by atoms with Gasteiger partial charge in [-0.25, -0.2) is 4.39 Å². The first-order valence-electron chi connectivity index (χ1n) is 5.11. The largest absolute Gasteiger partial charge is 0.619 e. The van der Waals surface area contributed by atoms with Crippen LogP contribution >= 0.6 is 0 Å². The van der Waals surface area contributed by atoms with E-state index in [4.69, 9.17) is 0 Å². The summed E-state index contributed by atoms with van der Waals surface area (Å²) in [6.45, 7) is 0. The molecule has 0 amide bonds. The molecule has 2 aromatic rings. The summed E-state index contributed by atoms with van der Waals surface area (Å²) in [5, 5.41) is 10.8. The number of Topliss-reactive ketones (excluding diaryl/α,β-unsaturated/α-hetero) is 1. The summed E-state index contributed by atoms with van der Waals surface area (Å²) in [5.41, 5.74) is 1.22. The van der Waals surface area contributed by atoms with Gasteiger partial charge in [-0.15, -0.1) is 0 Å². The number of nitrogens with zero attached hydrogens (tertiary/aromatic N) is 1. The lowest BCUT2D eigenvalue weighted by atomic mass is 10.0. The molecule has 3 nitrogen and oxygen atoms in total. The van der Waals surface area contributed by atoms with Crippen LogP contribution in [0.15, 0.2) is 48.8 Å². The van der Waals surface area contributed by atoms with Crippen molar-refractivity contribution in [1.29, 1.82) is 0 Å². The van der Waals surface area contributed by atoms with E-state index in [9.17, 15) is 14.4 Å². The molecular weight excluding hydrogens is 221 g/mol. The van der Waals surface area contributed by atoms with Gasteiger partial charge in [-0.1, -0.05) is 12.1 Å². The summed E-state index contributed by atoms with van der Waals surface area (Å²) in [4.78, 5) is 11.8. The molecule has 1 aromatic heterocycles. The van der Waals surface area contributed by atoms with Crippen LogP contribution in [0.25, 0.3) is 0 Å². The first-order valence-corrected chi connectivity index (χ1v) is 5.11. The Morgan fingerprint density at radius 1 is 1.12 bits per heavy atom. The Hall–Kier alpha value is -2.23. The molecule has 0 radical (unpaired) electrons. The van der Waals surface area contributed by atoms with Gasteiger partial charge in [-0.05, 0) is 17.7 Å². The molecule has 1 heterocycles. The SMILES string of the molecule is O=C(Cc1ccc(F)cc1)c1cc[n+]([O-])cc1. The Bertz CT molecular complexity index is 520. The monoisotopic (exact) mass is 231 g/mol. The standard InChI is InChI=1S/C13H10FNO2/c14-12-3-1-10(2-4-12)9-13(16)11-5-7-15(17)8-6-11/h1-8H,9H2. The van der Waals surface area contributed by atoms with E-state index < -0.39 is 0 Å². The molecule has 4 heteroatoms. The number of rotatable bonds is 3. The summed E-state index contributed by atoms with van der Waals surface area (Å²) in [6, 6.07) is 8.73. The van der Waals surface area contributed by atoms with E-state index in [0.717, 1.165) is 5.56 Å². The first kappa shape index (κ1) is 11.3. The fourth-order valence-electron chi connectivity index (χ4n) is 1.49. The number of carbonyl (C=O) groups is 1. The van der Waals surface area contributed by atoms with Gasteiger partial charge in [0.2, 0.25) is 0 Å². The molecule has 0 bridgehead atoms. The van der Waals surface area contributed by atoms with Gasteiger partial charge in [0.25, 0.3) is 0 Å². The Morgan fingerprint density at radius 3 is 2.29 bits per heavy atom. The third kappa shape index (κ3) is 2.87. The lowest BCUT2D eigenvalue weighted by Gasteiger charge is -2.01. The number of hydrogen-bond donors (Lipinski definition) is 0. The minimum Gasteiger partial charge on any atom is -0.619 e. The van der Waals surface area contributed by atoms with Gasteiger partial charge >= 0.3 is 0 Å². The Labute approximate surface area is 97.7 Å². The molecular formula is C13H10FNO2. The minimum absolute atomic E-state index is 0.0998.